The molecule has 1 N–H and O–H groups in total. The van der Waals surface area contributed by atoms with Gasteiger partial charge in [-0.2, -0.15) is 5.26 Å². The Kier molecular flexibility index (Phi) is 6.38. The molecule has 1 aromatic rings. The van der Waals surface area contributed by atoms with Gasteiger partial charge in [-0.25, -0.2) is 0 Å². The fraction of sp³-hybridized carbons (Fsp3) is 0.458. The molecule has 2 heterocycles. The van der Waals surface area contributed by atoms with Gasteiger partial charge in [0.1, 0.15) is 18.4 Å². The molecule has 2 unspecified atom stereocenters. The summed E-state index contributed by atoms with van der Waals surface area (Å²) in [6, 6.07) is 7.30. The molecule has 1 aliphatic carbocycles. The number of nitrogens with one attached hydrogen (secondary N) is 1. The topological polar surface area (TPSA) is 91.7 Å². The zero-order valence-corrected chi connectivity index (χ0v) is 17.7. The van der Waals surface area contributed by atoms with Crippen LogP contribution < -0.4 is 15.0 Å². The largest absolute Gasteiger partial charge is 0.500 e. The molecule has 1 aromatic carbocycles. The SMILES string of the molecule is COc1cc(N(CCC2C=CC3=COCC3C2=O)C(=O)C2CCNCC2)ccc1C#N. The van der Waals surface area contributed by atoms with E-state index in [9.17, 15) is 14.9 Å². The highest BCUT2D eigenvalue weighted by molar-refractivity contribution is 5.96. The third kappa shape index (κ3) is 4.35. The van der Waals surface area contributed by atoms with Gasteiger partial charge in [0.2, 0.25) is 5.91 Å². The molecule has 3 aliphatic rings. The van der Waals surface area contributed by atoms with Gasteiger partial charge >= 0.3 is 0 Å². The third-order valence-electron chi connectivity index (χ3n) is 6.35. The summed E-state index contributed by atoms with van der Waals surface area (Å²) in [4.78, 5) is 28.1. The number of anilines is 1. The number of hydrogen-bond acceptors (Lipinski definition) is 6. The standard InChI is InChI=1S/C24H27N3O4/c1-30-22-12-20(5-4-18(22)13-25)27(24(29)17-6-9-26-10-7-17)11-8-16-2-3-19-14-31-15-21(19)23(16)28/h2-5,12,14,16-17,21,26H,6-11,15H2,1H3. The Morgan fingerprint density at radius 1 is 1.35 bits per heavy atom. The molecule has 0 aromatic heterocycles. The van der Waals surface area contributed by atoms with Crippen molar-refractivity contribution < 1.29 is 19.1 Å². The Balaban J connectivity index is 1.56. The molecule has 1 fully saturated rings. The van der Waals surface area contributed by atoms with Gasteiger partial charge in [0.15, 0.2) is 5.78 Å². The molecule has 7 nitrogen and oxygen atoms in total. The Bertz CT molecular complexity index is 956. The van der Waals surface area contributed by atoms with Gasteiger partial charge < -0.3 is 19.7 Å². The summed E-state index contributed by atoms with van der Waals surface area (Å²) in [5.41, 5.74) is 2.04. The van der Waals surface area contributed by atoms with Crippen LogP contribution in [-0.2, 0) is 14.3 Å². The van der Waals surface area contributed by atoms with E-state index in [2.05, 4.69) is 11.4 Å². The van der Waals surface area contributed by atoms with Crippen LogP contribution in [0.15, 0.2) is 42.2 Å². The highest BCUT2D eigenvalue weighted by Gasteiger charge is 2.35. The monoisotopic (exact) mass is 421 g/mol. The molecule has 2 atom stereocenters. The van der Waals surface area contributed by atoms with Crippen LogP contribution in [-0.4, -0.2) is 45.0 Å². The molecule has 7 heteroatoms. The average molecular weight is 421 g/mol. The number of fused-ring (bicyclic) bond motifs is 1. The lowest BCUT2D eigenvalue weighted by molar-refractivity contribution is -0.126. The number of hydrogen-bond donors (Lipinski definition) is 1. The lowest BCUT2D eigenvalue weighted by Gasteiger charge is -2.31. The second-order valence-corrected chi connectivity index (χ2v) is 8.17. The van der Waals surface area contributed by atoms with Crippen molar-refractivity contribution in [3.8, 4) is 11.8 Å². The number of nitriles is 1. The van der Waals surface area contributed by atoms with E-state index in [1.54, 1.807) is 29.4 Å². The molecule has 0 bridgehead atoms. The molecule has 0 saturated carbocycles. The maximum atomic E-state index is 13.4. The van der Waals surface area contributed by atoms with Crippen LogP contribution in [0, 0.1) is 29.1 Å². The Hall–Kier alpha value is -3.11. The van der Waals surface area contributed by atoms with Crippen molar-refractivity contribution in [3.63, 3.8) is 0 Å². The number of methoxy groups -OCH3 is 1. The smallest absolute Gasteiger partial charge is 0.230 e. The van der Waals surface area contributed by atoms with Crippen molar-refractivity contribution >= 4 is 17.4 Å². The van der Waals surface area contributed by atoms with E-state index in [4.69, 9.17) is 9.47 Å². The molecular formula is C24H27N3O4. The molecule has 1 saturated heterocycles. The van der Waals surface area contributed by atoms with Crippen molar-refractivity contribution in [2.24, 2.45) is 17.8 Å². The Morgan fingerprint density at radius 2 is 2.16 bits per heavy atom. The normalized spacial score (nSPS) is 22.8. The van der Waals surface area contributed by atoms with Crippen molar-refractivity contribution in [2.75, 3.05) is 38.3 Å². The van der Waals surface area contributed by atoms with Crippen molar-refractivity contribution in [1.82, 2.24) is 5.32 Å². The van der Waals surface area contributed by atoms with E-state index in [1.165, 1.54) is 7.11 Å². The van der Waals surface area contributed by atoms with Crippen LogP contribution in [0.1, 0.15) is 24.8 Å². The van der Waals surface area contributed by atoms with Crippen LogP contribution >= 0.6 is 0 Å². The summed E-state index contributed by atoms with van der Waals surface area (Å²) < 4.78 is 10.7. The zero-order valence-electron chi connectivity index (χ0n) is 17.7. The first-order chi connectivity index (χ1) is 15.1. The fourth-order valence-electron chi connectivity index (χ4n) is 4.50. The average Bonchev–Trinajstić information content (AvgIpc) is 3.30. The highest BCUT2D eigenvalue weighted by Crippen LogP contribution is 2.32. The molecule has 162 valence electrons. The fourth-order valence-corrected chi connectivity index (χ4v) is 4.50. The molecular weight excluding hydrogens is 394 g/mol. The number of rotatable bonds is 6. The van der Waals surface area contributed by atoms with Gasteiger partial charge in [-0.15, -0.1) is 0 Å². The van der Waals surface area contributed by atoms with Gasteiger partial charge in [0.05, 0.1) is 24.9 Å². The number of carbonyl (C=O) groups excluding carboxylic acids is 2. The predicted molar refractivity (Wildman–Crippen MR) is 115 cm³/mol. The van der Waals surface area contributed by atoms with E-state index >= 15 is 0 Å². The predicted octanol–water partition coefficient (Wildman–Crippen LogP) is 2.57. The summed E-state index contributed by atoms with van der Waals surface area (Å²) in [5.74, 6) is 0.155. The number of nitrogens with zero attached hydrogens (tertiary/aromatic N) is 2. The van der Waals surface area contributed by atoms with Crippen LogP contribution in [0.5, 0.6) is 5.75 Å². The van der Waals surface area contributed by atoms with E-state index < -0.39 is 0 Å². The molecule has 4 rings (SSSR count). The van der Waals surface area contributed by atoms with Gasteiger partial charge in [0, 0.05) is 35.7 Å². The number of ketones is 1. The van der Waals surface area contributed by atoms with Crippen LogP contribution in [0.25, 0.3) is 0 Å². The molecule has 0 spiro atoms. The number of piperidine rings is 1. The summed E-state index contributed by atoms with van der Waals surface area (Å²) in [6.07, 6.45) is 7.67. The third-order valence-corrected chi connectivity index (χ3v) is 6.35. The quantitative estimate of drug-likeness (QED) is 0.759. The number of ether oxygens (including phenoxy) is 2. The first-order valence-corrected chi connectivity index (χ1v) is 10.8. The maximum Gasteiger partial charge on any atom is 0.230 e. The second-order valence-electron chi connectivity index (χ2n) is 8.17. The molecule has 1 amide bonds. The Morgan fingerprint density at radius 3 is 2.90 bits per heavy atom. The first kappa shape index (κ1) is 21.1. The number of carbonyl (C=O) groups is 2. The molecule has 2 aliphatic heterocycles. The van der Waals surface area contributed by atoms with Gasteiger partial charge in [-0.05, 0) is 44.5 Å². The summed E-state index contributed by atoms with van der Waals surface area (Å²) in [5, 5.41) is 12.6. The summed E-state index contributed by atoms with van der Waals surface area (Å²) >= 11 is 0. The van der Waals surface area contributed by atoms with Gasteiger partial charge in [-0.1, -0.05) is 12.2 Å². The van der Waals surface area contributed by atoms with Crippen molar-refractivity contribution in [1.29, 1.82) is 5.26 Å². The lowest BCUT2D eigenvalue weighted by atomic mass is 9.81. The minimum atomic E-state index is -0.243. The summed E-state index contributed by atoms with van der Waals surface area (Å²) in [6.45, 7) is 2.47. The number of benzene rings is 1. The van der Waals surface area contributed by atoms with Gasteiger partial charge in [-0.3, -0.25) is 9.59 Å². The number of allylic oxidation sites excluding steroid dienone is 2. The van der Waals surface area contributed by atoms with Gasteiger partial charge in [0.25, 0.3) is 0 Å². The highest BCUT2D eigenvalue weighted by atomic mass is 16.5. The minimum absolute atomic E-state index is 0.0572. The van der Waals surface area contributed by atoms with E-state index in [0.29, 0.717) is 36.6 Å². The Labute approximate surface area is 182 Å². The summed E-state index contributed by atoms with van der Waals surface area (Å²) in [7, 11) is 1.51. The van der Waals surface area contributed by atoms with Crippen LogP contribution in [0.4, 0.5) is 5.69 Å². The number of amides is 1. The van der Waals surface area contributed by atoms with E-state index in [0.717, 1.165) is 31.5 Å². The van der Waals surface area contributed by atoms with Crippen LogP contribution in [0.3, 0.4) is 0 Å². The zero-order chi connectivity index (χ0) is 21.8. The second kappa shape index (κ2) is 9.36. The molecule has 0 radical (unpaired) electrons. The first-order valence-electron chi connectivity index (χ1n) is 10.8. The minimum Gasteiger partial charge on any atom is -0.500 e. The van der Waals surface area contributed by atoms with E-state index in [-0.39, 0.29) is 29.4 Å². The van der Waals surface area contributed by atoms with Crippen LogP contribution in [0.2, 0.25) is 0 Å². The lowest BCUT2D eigenvalue weighted by Crippen LogP contribution is -2.42. The molecule has 31 heavy (non-hydrogen) atoms. The van der Waals surface area contributed by atoms with E-state index in [1.807, 2.05) is 12.2 Å². The van der Waals surface area contributed by atoms with Crippen molar-refractivity contribution in [3.05, 3.63) is 47.7 Å². The van der Waals surface area contributed by atoms with Crippen molar-refractivity contribution in [2.45, 2.75) is 19.3 Å². The number of Topliss-reactive ketones (excluding diaryl/α,β-unsaturated/α-hetero) is 1. The maximum absolute atomic E-state index is 13.4.